The molecule has 8 nitrogen and oxygen atoms in total. The molecule has 182 valence electrons. The third-order valence-electron chi connectivity index (χ3n) is 6.31. The highest BCUT2D eigenvalue weighted by Gasteiger charge is 2.28. The molecule has 0 aromatic rings. The molecule has 0 aromatic heterocycles. The lowest BCUT2D eigenvalue weighted by molar-refractivity contribution is -0.135. The molecule has 0 radical (unpaired) electrons. The van der Waals surface area contributed by atoms with Crippen LogP contribution in [0, 0.1) is 11.8 Å². The van der Waals surface area contributed by atoms with Crippen LogP contribution in [0.3, 0.4) is 0 Å². The molecule has 2 rings (SSSR count). The lowest BCUT2D eigenvalue weighted by atomic mass is 9.86. The van der Waals surface area contributed by atoms with E-state index in [1.54, 1.807) is 19.1 Å². The number of rotatable bonds is 6. The van der Waals surface area contributed by atoms with E-state index in [1.165, 1.54) is 6.08 Å². The van der Waals surface area contributed by atoms with Crippen molar-refractivity contribution in [2.24, 2.45) is 17.6 Å². The lowest BCUT2D eigenvalue weighted by Crippen LogP contribution is -2.43. The van der Waals surface area contributed by atoms with Gasteiger partial charge in [0.2, 0.25) is 17.7 Å². The summed E-state index contributed by atoms with van der Waals surface area (Å²) in [5, 5.41) is 15.4. The van der Waals surface area contributed by atoms with E-state index < -0.39 is 24.1 Å². The number of aliphatic hydroxyl groups excluding tert-OH is 1. The molecule has 5 N–H and O–H groups in total. The number of ketones is 1. The number of nitrogens with two attached hydrogens (primary N) is 1. The first-order chi connectivity index (χ1) is 15.7. The van der Waals surface area contributed by atoms with Gasteiger partial charge in [0, 0.05) is 31.2 Å². The summed E-state index contributed by atoms with van der Waals surface area (Å²) < 4.78 is 0. The fourth-order valence-corrected chi connectivity index (χ4v) is 4.22. The number of allylic oxidation sites excluding steroid dienone is 2. The third kappa shape index (κ3) is 9.06. The minimum Gasteiger partial charge on any atom is -0.387 e. The molecule has 8 heteroatoms. The number of imide groups is 1. The van der Waals surface area contributed by atoms with Crippen molar-refractivity contribution in [3.63, 3.8) is 0 Å². The van der Waals surface area contributed by atoms with Gasteiger partial charge in [0.05, 0.1) is 12.1 Å². The molecule has 4 unspecified atom stereocenters. The number of amides is 3. The van der Waals surface area contributed by atoms with Crippen molar-refractivity contribution >= 4 is 23.5 Å². The van der Waals surface area contributed by atoms with Crippen molar-refractivity contribution in [1.82, 2.24) is 10.6 Å². The van der Waals surface area contributed by atoms with Gasteiger partial charge in [0.15, 0.2) is 0 Å². The zero-order valence-corrected chi connectivity index (χ0v) is 19.6. The number of aliphatic hydroxyl groups is 1. The number of carbonyl (C=O) groups excluding carboxylic acids is 4. The Morgan fingerprint density at radius 1 is 1.18 bits per heavy atom. The zero-order chi connectivity index (χ0) is 24.4. The summed E-state index contributed by atoms with van der Waals surface area (Å²) in [6.07, 6.45) is 11.8. The lowest BCUT2D eigenvalue weighted by Gasteiger charge is -2.26. The van der Waals surface area contributed by atoms with Crippen LogP contribution >= 0.6 is 0 Å². The maximum Gasteiger partial charge on any atom is 0.244 e. The van der Waals surface area contributed by atoms with Crippen LogP contribution in [-0.4, -0.2) is 46.8 Å². The number of carbonyl (C=O) groups is 4. The molecule has 0 bridgehead atoms. The van der Waals surface area contributed by atoms with Crippen LogP contribution in [0.5, 0.6) is 0 Å². The van der Waals surface area contributed by atoms with Gasteiger partial charge >= 0.3 is 0 Å². The fourth-order valence-electron chi connectivity index (χ4n) is 4.22. The average Bonchev–Trinajstić information content (AvgIpc) is 2.75. The van der Waals surface area contributed by atoms with Crippen LogP contribution in [0.15, 0.2) is 36.0 Å². The minimum absolute atomic E-state index is 0.0111. The number of nitrogens with one attached hydrogen (secondary N) is 2. The van der Waals surface area contributed by atoms with E-state index in [0.717, 1.165) is 5.57 Å². The molecule has 0 aliphatic carbocycles. The minimum atomic E-state index is -0.762. The van der Waals surface area contributed by atoms with E-state index in [2.05, 4.69) is 10.6 Å². The molecule has 2 aliphatic rings. The fraction of sp³-hybridized carbons (Fsp3) is 0.600. The molecule has 1 fully saturated rings. The van der Waals surface area contributed by atoms with E-state index in [9.17, 15) is 24.3 Å². The van der Waals surface area contributed by atoms with Crippen LogP contribution in [-0.2, 0) is 19.2 Å². The Labute approximate surface area is 195 Å². The molecule has 33 heavy (non-hydrogen) atoms. The number of Topliss-reactive ketones (excluding diaryl/α,β-unsaturated/α-hetero) is 1. The Hall–Kier alpha value is -2.58. The SMILES string of the molecule is C/C1=C/CC(N)C(O)/C=C/CC/C=C/C(=O)NC1C(C)C(=O)CCCC1CC(=O)NC(=O)C1. The van der Waals surface area contributed by atoms with E-state index >= 15 is 0 Å². The second-order valence-corrected chi connectivity index (χ2v) is 9.13. The monoisotopic (exact) mass is 459 g/mol. The summed E-state index contributed by atoms with van der Waals surface area (Å²) in [5.41, 5.74) is 6.90. The predicted molar refractivity (Wildman–Crippen MR) is 126 cm³/mol. The summed E-state index contributed by atoms with van der Waals surface area (Å²) in [5.74, 6) is -1.25. The second-order valence-electron chi connectivity index (χ2n) is 9.13. The Morgan fingerprint density at radius 3 is 2.55 bits per heavy atom. The maximum atomic E-state index is 12.9. The Balaban J connectivity index is 2.03. The third-order valence-corrected chi connectivity index (χ3v) is 6.31. The smallest absolute Gasteiger partial charge is 0.244 e. The highest BCUT2D eigenvalue weighted by Crippen LogP contribution is 2.23. The van der Waals surface area contributed by atoms with Gasteiger partial charge in [-0.25, -0.2) is 0 Å². The summed E-state index contributed by atoms with van der Waals surface area (Å²) in [7, 11) is 0. The molecule has 4 atom stereocenters. The van der Waals surface area contributed by atoms with Crippen LogP contribution in [0.25, 0.3) is 0 Å². The molecular weight excluding hydrogens is 422 g/mol. The number of hydrogen-bond acceptors (Lipinski definition) is 6. The Bertz CT molecular complexity index is 801. The summed E-state index contributed by atoms with van der Waals surface area (Å²) >= 11 is 0. The zero-order valence-electron chi connectivity index (χ0n) is 19.6. The quantitative estimate of drug-likeness (QED) is 0.353. The molecule has 1 saturated heterocycles. The molecule has 2 heterocycles. The average molecular weight is 460 g/mol. The van der Waals surface area contributed by atoms with Gasteiger partial charge in [-0.2, -0.15) is 0 Å². The summed E-state index contributed by atoms with van der Waals surface area (Å²) in [6.45, 7) is 3.65. The van der Waals surface area contributed by atoms with Crippen LogP contribution < -0.4 is 16.4 Å². The Morgan fingerprint density at radius 2 is 1.85 bits per heavy atom. The Kier molecular flexibility index (Phi) is 10.7. The van der Waals surface area contributed by atoms with Gasteiger partial charge in [-0.05, 0) is 51.0 Å². The highest BCUT2D eigenvalue weighted by atomic mass is 16.3. The van der Waals surface area contributed by atoms with Gasteiger partial charge < -0.3 is 16.2 Å². The largest absolute Gasteiger partial charge is 0.387 e. The van der Waals surface area contributed by atoms with Crippen molar-refractivity contribution in [2.75, 3.05) is 0 Å². The molecule has 0 saturated carbocycles. The first kappa shape index (κ1) is 26.7. The second kappa shape index (κ2) is 13.2. The predicted octanol–water partition coefficient (Wildman–Crippen LogP) is 1.83. The van der Waals surface area contributed by atoms with Crippen molar-refractivity contribution in [3.05, 3.63) is 36.0 Å². The van der Waals surface area contributed by atoms with Crippen LogP contribution in [0.2, 0.25) is 0 Å². The number of piperidine rings is 1. The van der Waals surface area contributed by atoms with Crippen LogP contribution in [0.4, 0.5) is 0 Å². The van der Waals surface area contributed by atoms with Gasteiger partial charge in [-0.1, -0.05) is 36.8 Å². The van der Waals surface area contributed by atoms with Crippen molar-refractivity contribution in [2.45, 2.75) is 83.4 Å². The highest BCUT2D eigenvalue weighted by molar-refractivity contribution is 5.97. The number of hydrogen-bond donors (Lipinski definition) is 4. The molecule has 2 aliphatic heterocycles. The molecule has 0 spiro atoms. The van der Waals surface area contributed by atoms with Gasteiger partial charge in [0.25, 0.3) is 0 Å². The maximum absolute atomic E-state index is 12.9. The standard InChI is InChI=1S/C25H37N3O5/c1-16-12-13-19(26)21(30)9-5-3-4-6-11-22(31)28-25(16)17(2)20(29)10-7-8-18-14-23(32)27-24(33)15-18/h5-6,9,11-12,17-19,21,25,30H,3-4,7-8,10,13-15,26H2,1-2H3,(H,28,31)(H,27,32,33)/b9-5+,11-6+,16-12-. The molecular formula is C25H37N3O5. The van der Waals surface area contributed by atoms with E-state index in [0.29, 0.717) is 51.4 Å². The topological polar surface area (TPSA) is 139 Å². The van der Waals surface area contributed by atoms with E-state index in [1.807, 2.05) is 19.1 Å². The molecule has 0 aromatic carbocycles. The van der Waals surface area contributed by atoms with Gasteiger partial charge in [-0.15, -0.1) is 0 Å². The summed E-state index contributed by atoms with van der Waals surface area (Å²) in [6, 6.07) is -0.966. The molecule has 3 amide bonds. The first-order valence-corrected chi connectivity index (χ1v) is 11.8. The van der Waals surface area contributed by atoms with Gasteiger partial charge in [-0.3, -0.25) is 24.5 Å². The van der Waals surface area contributed by atoms with E-state index in [4.69, 9.17) is 5.73 Å². The van der Waals surface area contributed by atoms with Crippen molar-refractivity contribution < 1.29 is 24.3 Å². The van der Waals surface area contributed by atoms with Crippen molar-refractivity contribution in [1.29, 1.82) is 0 Å². The van der Waals surface area contributed by atoms with Gasteiger partial charge in [0.1, 0.15) is 5.78 Å². The normalized spacial score (nSPS) is 30.2. The summed E-state index contributed by atoms with van der Waals surface area (Å²) in [4.78, 5) is 48.4. The van der Waals surface area contributed by atoms with Crippen molar-refractivity contribution in [3.8, 4) is 0 Å². The van der Waals surface area contributed by atoms with Crippen LogP contribution in [0.1, 0.15) is 65.2 Å². The first-order valence-electron chi connectivity index (χ1n) is 11.8. The van der Waals surface area contributed by atoms with E-state index in [-0.39, 0.29) is 29.4 Å².